The maximum atomic E-state index is 13.2. The predicted octanol–water partition coefficient (Wildman–Crippen LogP) is 3.35. The van der Waals surface area contributed by atoms with Crippen molar-refractivity contribution in [2.24, 2.45) is 0 Å². The van der Waals surface area contributed by atoms with Crippen LogP contribution in [0, 0.1) is 0 Å². The van der Waals surface area contributed by atoms with E-state index >= 15 is 0 Å². The number of likely N-dealkylation sites (N-methyl/N-ethyl adjacent to an activating group) is 1. The second kappa shape index (κ2) is 10.0. The van der Waals surface area contributed by atoms with Crippen LogP contribution in [0.3, 0.4) is 0 Å². The summed E-state index contributed by atoms with van der Waals surface area (Å²) in [6, 6.07) is 12.6. The number of carbonyl (C=O) groups excluding carboxylic acids is 1. The first-order chi connectivity index (χ1) is 15.2. The van der Waals surface area contributed by atoms with Gasteiger partial charge in [0.05, 0.1) is 12.0 Å². The van der Waals surface area contributed by atoms with Crippen molar-refractivity contribution in [2.45, 2.75) is 51.1 Å². The van der Waals surface area contributed by atoms with Gasteiger partial charge in [-0.05, 0) is 67.9 Å². The molecule has 7 nitrogen and oxygen atoms in total. The summed E-state index contributed by atoms with van der Waals surface area (Å²) in [6.07, 6.45) is 0.643. The van der Waals surface area contributed by atoms with Crippen molar-refractivity contribution in [3.05, 3.63) is 53.6 Å². The van der Waals surface area contributed by atoms with Crippen LogP contribution in [-0.2, 0) is 21.2 Å². The molecule has 32 heavy (non-hydrogen) atoms. The van der Waals surface area contributed by atoms with Gasteiger partial charge in [0, 0.05) is 31.2 Å². The minimum Gasteiger partial charge on any atom is -0.497 e. The number of carbonyl (C=O) groups is 1. The SMILES string of the molecule is CCN(CC)[C@H](CNS(=O)(=O)c1ccc2c(c1)C[C@@H](C)N2C(C)=O)c1cccc(OC)c1. The number of amides is 1. The van der Waals surface area contributed by atoms with E-state index in [4.69, 9.17) is 4.74 Å². The van der Waals surface area contributed by atoms with E-state index in [2.05, 4.69) is 23.5 Å². The molecule has 0 radical (unpaired) electrons. The fourth-order valence-corrected chi connectivity index (χ4v) is 5.59. The number of methoxy groups -OCH3 is 1. The van der Waals surface area contributed by atoms with Crippen molar-refractivity contribution >= 4 is 21.6 Å². The van der Waals surface area contributed by atoms with Crippen LogP contribution in [0.5, 0.6) is 5.75 Å². The van der Waals surface area contributed by atoms with Crippen molar-refractivity contribution < 1.29 is 17.9 Å². The highest BCUT2D eigenvalue weighted by atomic mass is 32.2. The largest absolute Gasteiger partial charge is 0.497 e. The molecule has 0 saturated carbocycles. The van der Waals surface area contributed by atoms with Crippen LogP contribution in [-0.4, -0.2) is 52.0 Å². The van der Waals surface area contributed by atoms with Crippen LogP contribution in [0.4, 0.5) is 5.69 Å². The summed E-state index contributed by atoms with van der Waals surface area (Å²) >= 11 is 0. The number of sulfonamides is 1. The Morgan fingerprint density at radius 2 is 1.94 bits per heavy atom. The van der Waals surface area contributed by atoms with Crippen LogP contribution in [0.2, 0.25) is 0 Å². The Morgan fingerprint density at radius 1 is 1.22 bits per heavy atom. The van der Waals surface area contributed by atoms with Crippen LogP contribution in [0.1, 0.15) is 44.9 Å². The summed E-state index contributed by atoms with van der Waals surface area (Å²) in [5.74, 6) is 0.704. The number of nitrogens with zero attached hydrogens (tertiary/aromatic N) is 2. The topological polar surface area (TPSA) is 79.0 Å². The Hall–Kier alpha value is -2.42. The molecule has 0 aliphatic carbocycles. The zero-order chi connectivity index (χ0) is 23.5. The molecule has 1 heterocycles. The van der Waals surface area contributed by atoms with Gasteiger partial charge >= 0.3 is 0 Å². The molecule has 0 saturated heterocycles. The molecule has 2 atom stereocenters. The molecule has 1 N–H and O–H groups in total. The molecule has 0 aromatic heterocycles. The normalized spacial score (nSPS) is 16.8. The van der Waals surface area contributed by atoms with Gasteiger partial charge in [-0.3, -0.25) is 9.69 Å². The lowest BCUT2D eigenvalue weighted by molar-refractivity contribution is -0.116. The molecule has 2 aromatic rings. The van der Waals surface area contributed by atoms with E-state index in [1.165, 1.54) is 6.92 Å². The number of rotatable bonds is 9. The first kappa shape index (κ1) is 24.2. The molecule has 0 bridgehead atoms. The average molecular weight is 460 g/mol. The molecule has 1 aliphatic rings. The molecule has 0 spiro atoms. The van der Waals surface area contributed by atoms with Gasteiger partial charge in [0.25, 0.3) is 0 Å². The van der Waals surface area contributed by atoms with E-state index in [1.807, 2.05) is 31.2 Å². The highest BCUT2D eigenvalue weighted by Crippen LogP contribution is 2.34. The van der Waals surface area contributed by atoms with E-state index in [0.29, 0.717) is 6.42 Å². The summed E-state index contributed by atoms with van der Waals surface area (Å²) in [5.41, 5.74) is 2.67. The Kier molecular flexibility index (Phi) is 7.59. The van der Waals surface area contributed by atoms with Gasteiger partial charge in [-0.15, -0.1) is 0 Å². The van der Waals surface area contributed by atoms with Gasteiger partial charge in [0.1, 0.15) is 5.75 Å². The summed E-state index contributed by atoms with van der Waals surface area (Å²) < 4.78 is 34.5. The number of ether oxygens (including phenoxy) is 1. The number of hydrogen-bond donors (Lipinski definition) is 1. The smallest absolute Gasteiger partial charge is 0.240 e. The monoisotopic (exact) mass is 459 g/mol. The van der Waals surface area contributed by atoms with Crippen molar-refractivity contribution in [1.29, 1.82) is 0 Å². The fraction of sp³-hybridized carbons (Fsp3) is 0.458. The van der Waals surface area contributed by atoms with Crippen LogP contribution in [0.25, 0.3) is 0 Å². The average Bonchev–Trinajstić information content (AvgIpc) is 3.11. The second-order valence-corrected chi connectivity index (χ2v) is 9.87. The minimum absolute atomic E-state index is 0.0218. The van der Waals surface area contributed by atoms with E-state index in [0.717, 1.165) is 35.7 Å². The van der Waals surface area contributed by atoms with E-state index in [-0.39, 0.29) is 29.4 Å². The first-order valence-electron chi connectivity index (χ1n) is 11.0. The van der Waals surface area contributed by atoms with Gasteiger partial charge in [-0.25, -0.2) is 13.1 Å². The van der Waals surface area contributed by atoms with Crippen molar-refractivity contribution in [2.75, 3.05) is 31.6 Å². The maximum absolute atomic E-state index is 13.2. The van der Waals surface area contributed by atoms with E-state index < -0.39 is 10.0 Å². The molecular formula is C24H33N3O4S. The van der Waals surface area contributed by atoms with E-state index in [1.54, 1.807) is 30.2 Å². The maximum Gasteiger partial charge on any atom is 0.240 e. The Labute approximate surface area is 191 Å². The number of nitrogens with one attached hydrogen (secondary N) is 1. The van der Waals surface area contributed by atoms with Crippen LogP contribution >= 0.6 is 0 Å². The minimum atomic E-state index is -3.72. The molecule has 174 valence electrons. The molecule has 2 aromatic carbocycles. The zero-order valence-electron chi connectivity index (χ0n) is 19.5. The predicted molar refractivity (Wildman–Crippen MR) is 127 cm³/mol. The third-order valence-corrected chi connectivity index (χ3v) is 7.54. The molecule has 3 rings (SSSR count). The van der Waals surface area contributed by atoms with Gasteiger partial charge in [0.2, 0.25) is 15.9 Å². The van der Waals surface area contributed by atoms with Crippen LogP contribution < -0.4 is 14.4 Å². The lowest BCUT2D eigenvalue weighted by Crippen LogP contribution is -2.38. The lowest BCUT2D eigenvalue weighted by atomic mass is 10.0. The Bertz CT molecular complexity index is 1070. The number of anilines is 1. The molecule has 1 amide bonds. The quantitative estimate of drug-likeness (QED) is 0.622. The molecule has 8 heteroatoms. The van der Waals surface area contributed by atoms with Crippen molar-refractivity contribution in [3.63, 3.8) is 0 Å². The van der Waals surface area contributed by atoms with Crippen LogP contribution in [0.15, 0.2) is 47.4 Å². The lowest BCUT2D eigenvalue weighted by Gasteiger charge is -2.30. The number of hydrogen-bond acceptors (Lipinski definition) is 5. The standard InChI is InChI=1S/C24H33N3O4S/c1-6-26(7-2)24(19-9-8-10-21(14-19)31-5)16-25-32(29,30)22-11-12-23-20(15-22)13-17(3)27(23)18(4)28/h8-12,14-15,17,24-25H,6-7,13,16H2,1-5H3/t17-,24-/m1/s1. The van der Waals surface area contributed by atoms with Gasteiger partial charge in [-0.2, -0.15) is 0 Å². The Balaban J connectivity index is 1.84. The number of benzene rings is 2. The molecule has 1 aliphatic heterocycles. The van der Waals surface area contributed by atoms with E-state index in [9.17, 15) is 13.2 Å². The zero-order valence-corrected chi connectivity index (χ0v) is 20.3. The fourth-order valence-electron chi connectivity index (χ4n) is 4.50. The van der Waals surface area contributed by atoms with Crippen molar-refractivity contribution in [3.8, 4) is 5.75 Å². The van der Waals surface area contributed by atoms with Gasteiger partial charge in [-0.1, -0.05) is 26.0 Å². The number of fused-ring (bicyclic) bond motifs is 1. The third kappa shape index (κ3) is 4.98. The second-order valence-electron chi connectivity index (χ2n) is 8.10. The van der Waals surface area contributed by atoms with Crippen molar-refractivity contribution in [1.82, 2.24) is 9.62 Å². The molecular weight excluding hydrogens is 426 g/mol. The summed E-state index contributed by atoms with van der Waals surface area (Å²) in [5, 5.41) is 0. The summed E-state index contributed by atoms with van der Waals surface area (Å²) in [7, 11) is -2.10. The Morgan fingerprint density at radius 3 is 2.56 bits per heavy atom. The van der Waals surface area contributed by atoms with Gasteiger partial charge < -0.3 is 9.64 Å². The highest BCUT2D eigenvalue weighted by molar-refractivity contribution is 7.89. The third-order valence-electron chi connectivity index (χ3n) is 6.11. The summed E-state index contributed by atoms with van der Waals surface area (Å²) in [4.78, 5) is 16.1. The molecule has 0 fully saturated rings. The van der Waals surface area contributed by atoms with Gasteiger partial charge in [0.15, 0.2) is 0 Å². The highest BCUT2D eigenvalue weighted by Gasteiger charge is 2.30. The summed E-state index contributed by atoms with van der Waals surface area (Å²) in [6.45, 7) is 9.45. The molecule has 0 unspecified atom stereocenters. The first-order valence-corrected chi connectivity index (χ1v) is 12.5.